The number of hydrogen-bond acceptors (Lipinski definition) is 2. The number of rotatable bonds is 4. The van der Waals surface area contributed by atoms with Crippen LogP contribution in [0.3, 0.4) is 0 Å². The lowest BCUT2D eigenvalue weighted by Gasteiger charge is -2.18. The van der Waals surface area contributed by atoms with E-state index in [4.69, 9.17) is 5.11 Å². The predicted octanol–water partition coefficient (Wildman–Crippen LogP) is 1.36. The molecular weight excluding hydrogens is 194 g/mol. The quantitative estimate of drug-likeness (QED) is 0.767. The summed E-state index contributed by atoms with van der Waals surface area (Å²) in [7, 11) is 0. The molecule has 1 aliphatic heterocycles. The molecule has 1 amide bonds. The smallest absolute Gasteiger partial charge is 0.303 e. The van der Waals surface area contributed by atoms with Gasteiger partial charge in [-0.05, 0) is 18.8 Å². The first-order chi connectivity index (χ1) is 7.00. The lowest BCUT2D eigenvalue weighted by Crippen LogP contribution is -2.32. The summed E-state index contributed by atoms with van der Waals surface area (Å²) >= 11 is 0. The van der Waals surface area contributed by atoms with Crippen LogP contribution in [0.1, 0.15) is 33.1 Å². The van der Waals surface area contributed by atoms with Crippen molar-refractivity contribution >= 4 is 11.9 Å². The van der Waals surface area contributed by atoms with E-state index in [1.54, 1.807) is 0 Å². The average molecular weight is 213 g/mol. The highest BCUT2D eigenvalue weighted by molar-refractivity contribution is 5.78. The summed E-state index contributed by atoms with van der Waals surface area (Å²) in [5.74, 6) is -0.136. The van der Waals surface area contributed by atoms with Gasteiger partial charge in [0.1, 0.15) is 0 Å². The zero-order valence-corrected chi connectivity index (χ0v) is 9.40. The highest BCUT2D eigenvalue weighted by Gasteiger charge is 2.27. The molecule has 0 bridgehead atoms. The van der Waals surface area contributed by atoms with Gasteiger partial charge in [0.25, 0.3) is 0 Å². The standard InChI is InChI=1S/C11H19NO3/c1-8(2)11(15)12-6-5-9(7-12)3-4-10(13)14/h8-9H,3-7H2,1-2H3,(H,13,14). The van der Waals surface area contributed by atoms with E-state index in [0.717, 1.165) is 19.5 Å². The monoisotopic (exact) mass is 213 g/mol. The van der Waals surface area contributed by atoms with Gasteiger partial charge in [0, 0.05) is 25.4 Å². The number of likely N-dealkylation sites (tertiary alicyclic amines) is 1. The molecule has 86 valence electrons. The number of aliphatic carboxylic acids is 1. The molecule has 4 nitrogen and oxygen atoms in total. The fourth-order valence-corrected chi connectivity index (χ4v) is 1.96. The number of carbonyl (C=O) groups excluding carboxylic acids is 1. The maximum Gasteiger partial charge on any atom is 0.303 e. The zero-order chi connectivity index (χ0) is 11.4. The molecule has 1 unspecified atom stereocenters. The molecule has 0 aromatic rings. The summed E-state index contributed by atoms with van der Waals surface area (Å²) in [6.07, 6.45) is 1.86. The first kappa shape index (κ1) is 12.0. The fourth-order valence-electron chi connectivity index (χ4n) is 1.96. The van der Waals surface area contributed by atoms with E-state index < -0.39 is 5.97 Å². The van der Waals surface area contributed by atoms with Crippen molar-refractivity contribution in [3.8, 4) is 0 Å². The van der Waals surface area contributed by atoms with Crippen molar-refractivity contribution in [3.63, 3.8) is 0 Å². The third kappa shape index (κ3) is 3.53. The maximum absolute atomic E-state index is 11.6. The third-order valence-corrected chi connectivity index (χ3v) is 2.86. The number of carbonyl (C=O) groups is 2. The molecule has 1 N–H and O–H groups in total. The van der Waals surface area contributed by atoms with Crippen molar-refractivity contribution in [2.45, 2.75) is 33.1 Å². The van der Waals surface area contributed by atoms with Gasteiger partial charge in [-0.25, -0.2) is 0 Å². The summed E-state index contributed by atoms with van der Waals surface area (Å²) in [5, 5.41) is 8.56. The van der Waals surface area contributed by atoms with Gasteiger partial charge in [0.05, 0.1) is 0 Å². The van der Waals surface area contributed by atoms with Crippen molar-refractivity contribution in [3.05, 3.63) is 0 Å². The lowest BCUT2D eigenvalue weighted by atomic mass is 10.0. The van der Waals surface area contributed by atoms with Gasteiger partial charge >= 0.3 is 5.97 Å². The molecular formula is C11H19NO3. The number of nitrogens with zero attached hydrogens (tertiary/aromatic N) is 1. The van der Waals surface area contributed by atoms with Crippen LogP contribution in [-0.4, -0.2) is 35.0 Å². The summed E-state index contributed by atoms with van der Waals surface area (Å²) in [6, 6.07) is 0. The second-order valence-electron chi connectivity index (χ2n) is 4.53. The topological polar surface area (TPSA) is 57.6 Å². The Kier molecular flexibility index (Phi) is 4.12. The Labute approximate surface area is 90.3 Å². The van der Waals surface area contributed by atoms with Crippen LogP contribution >= 0.6 is 0 Å². The Morgan fingerprint density at radius 2 is 2.13 bits per heavy atom. The van der Waals surface area contributed by atoms with Gasteiger partial charge in [0.15, 0.2) is 0 Å². The van der Waals surface area contributed by atoms with Crippen molar-refractivity contribution in [2.75, 3.05) is 13.1 Å². The Bertz CT molecular complexity index is 250. The third-order valence-electron chi connectivity index (χ3n) is 2.86. The lowest BCUT2D eigenvalue weighted by molar-refractivity contribution is -0.137. The maximum atomic E-state index is 11.6. The molecule has 4 heteroatoms. The molecule has 1 saturated heterocycles. The van der Waals surface area contributed by atoms with Gasteiger partial charge in [0.2, 0.25) is 5.91 Å². The second kappa shape index (κ2) is 5.14. The minimum atomic E-state index is -0.747. The van der Waals surface area contributed by atoms with E-state index in [0.29, 0.717) is 12.3 Å². The van der Waals surface area contributed by atoms with Crippen molar-refractivity contribution in [1.29, 1.82) is 0 Å². The largest absolute Gasteiger partial charge is 0.481 e. The van der Waals surface area contributed by atoms with E-state index in [2.05, 4.69) is 0 Å². The van der Waals surface area contributed by atoms with Crippen molar-refractivity contribution in [1.82, 2.24) is 4.90 Å². The van der Waals surface area contributed by atoms with Gasteiger partial charge in [-0.1, -0.05) is 13.8 Å². The van der Waals surface area contributed by atoms with E-state index in [-0.39, 0.29) is 18.2 Å². The van der Waals surface area contributed by atoms with Crippen molar-refractivity contribution in [2.24, 2.45) is 11.8 Å². The minimum Gasteiger partial charge on any atom is -0.481 e. The minimum absolute atomic E-state index is 0.0447. The van der Waals surface area contributed by atoms with Crippen LogP contribution in [0.2, 0.25) is 0 Å². The summed E-state index contributed by atoms with van der Waals surface area (Å²) in [4.78, 5) is 23.9. The molecule has 0 aromatic heterocycles. The van der Waals surface area contributed by atoms with Gasteiger partial charge in [-0.2, -0.15) is 0 Å². The summed E-state index contributed by atoms with van der Waals surface area (Å²) in [6.45, 7) is 5.32. The number of carboxylic acid groups (broad SMARTS) is 1. The van der Waals surface area contributed by atoms with Crippen molar-refractivity contribution < 1.29 is 14.7 Å². The van der Waals surface area contributed by atoms with E-state index in [1.807, 2.05) is 18.7 Å². The zero-order valence-electron chi connectivity index (χ0n) is 9.40. The Balaban J connectivity index is 2.32. The predicted molar refractivity (Wildman–Crippen MR) is 56.4 cm³/mol. The first-order valence-corrected chi connectivity index (χ1v) is 5.51. The van der Waals surface area contributed by atoms with Crippen LogP contribution in [-0.2, 0) is 9.59 Å². The Morgan fingerprint density at radius 3 is 2.67 bits per heavy atom. The molecule has 0 spiro atoms. The molecule has 1 rings (SSSR count). The van der Waals surface area contributed by atoms with Gasteiger partial charge in [-0.3, -0.25) is 9.59 Å². The highest BCUT2D eigenvalue weighted by Crippen LogP contribution is 2.22. The normalized spacial score (nSPS) is 21.0. The molecule has 1 heterocycles. The van der Waals surface area contributed by atoms with Crippen LogP contribution in [0.4, 0.5) is 0 Å². The van der Waals surface area contributed by atoms with Crippen LogP contribution in [0.5, 0.6) is 0 Å². The number of amides is 1. The highest BCUT2D eigenvalue weighted by atomic mass is 16.4. The average Bonchev–Trinajstić information content (AvgIpc) is 2.61. The fraction of sp³-hybridized carbons (Fsp3) is 0.818. The van der Waals surface area contributed by atoms with Gasteiger partial charge in [-0.15, -0.1) is 0 Å². The second-order valence-corrected chi connectivity index (χ2v) is 4.53. The van der Waals surface area contributed by atoms with E-state index in [9.17, 15) is 9.59 Å². The van der Waals surface area contributed by atoms with E-state index in [1.165, 1.54) is 0 Å². The number of hydrogen-bond donors (Lipinski definition) is 1. The molecule has 1 atom stereocenters. The molecule has 0 radical (unpaired) electrons. The molecule has 0 aromatic carbocycles. The summed E-state index contributed by atoms with van der Waals surface area (Å²) < 4.78 is 0. The Hall–Kier alpha value is -1.06. The summed E-state index contributed by atoms with van der Waals surface area (Å²) in [5.41, 5.74) is 0. The first-order valence-electron chi connectivity index (χ1n) is 5.51. The van der Waals surface area contributed by atoms with E-state index >= 15 is 0 Å². The van der Waals surface area contributed by atoms with Gasteiger partial charge < -0.3 is 10.0 Å². The molecule has 1 fully saturated rings. The molecule has 0 aliphatic carbocycles. The molecule has 15 heavy (non-hydrogen) atoms. The molecule has 1 aliphatic rings. The van der Waals surface area contributed by atoms with Crippen LogP contribution in [0, 0.1) is 11.8 Å². The molecule has 0 saturated carbocycles. The van der Waals surface area contributed by atoms with Crippen LogP contribution in [0.25, 0.3) is 0 Å². The number of carboxylic acids is 1. The van der Waals surface area contributed by atoms with Crippen LogP contribution < -0.4 is 0 Å². The SMILES string of the molecule is CC(C)C(=O)N1CCC(CCC(=O)O)C1. The van der Waals surface area contributed by atoms with Crippen LogP contribution in [0.15, 0.2) is 0 Å². The Morgan fingerprint density at radius 1 is 1.47 bits per heavy atom.